The van der Waals surface area contributed by atoms with E-state index in [1.165, 1.54) is 26.4 Å². The van der Waals surface area contributed by atoms with Crippen LogP contribution in [0, 0.1) is 0 Å². The number of hydrogen-bond acceptors (Lipinski definition) is 5. The van der Waals surface area contributed by atoms with Crippen LogP contribution in [0.4, 0.5) is 0 Å². The van der Waals surface area contributed by atoms with E-state index in [2.05, 4.69) is 4.79 Å². The van der Waals surface area contributed by atoms with Crippen molar-refractivity contribution >= 4 is 11.7 Å². The van der Waals surface area contributed by atoms with Crippen molar-refractivity contribution in [3.63, 3.8) is 0 Å². The van der Waals surface area contributed by atoms with Crippen LogP contribution in [0.1, 0.15) is 18.6 Å². The first-order valence-electron chi connectivity index (χ1n) is 5.87. The second kappa shape index (κ2) is 7.28. The number of aliphatic hydroxyl groups is 1. The predicted octanol–water partition coefficient (Wildman–Crippen LogP) is 0.971. The van der Waals surface area contributed by atoms with E-state index in [0.29, 0.717) is 11.5 Å². The molecular weight excluding hydrogens is 264 g/mol. The van der Waals surface area contributed by atoms with Gasteiger partial charge in [0.1, 0.15) is 11.5 Å². The van der Waals surface area contributed by atoms with Gasteiger partial charge in [-0.05, 0) is 24.6 Å². The van der Waals surface area contributed by atoms with Crippen molar-refractivity contribution in [2.24, 2.45) is 0 Å². The normalized spacial score (nSPS) is 11.2. The summed E-state index contributed by atoms with van der Waals surface area (Å²) in [5, 5.41) is 10.1. The molecule has 20 heavy (non-hydrogen) atoms. The standard InChI is InChI=1S/C13H16N2O5/c1-4-20-13(17)11(15-14)12(16)8-5-9(18-2)7-10(6-8)19-3/h5-7,12,16H,4H2,1-3H3. The number of carbonyl (C=O) groups excluding carboxylic acids is 1. The van der Waals surface area contributed by atoms with Crippen LogP contribution < -0.4 is 9.47 Å². The van der Waals surface area contributed by atoms with Gasteiger partial charge in [-0.15, -0.1) is 0 Å². The molecule has 0 saturated carbocycles. The predicted molar refractivity (Wildman–Crippen MR) is 69.8 cm³/mol. The molecule has 1 aromatic carbocycles. The molecule has 0 saturated heterocycles. The molecule has 0 amide bonds. The van der Waals surface area contributed by atoms with Crippen molar-refractivity contribution in [3.05, 3.63) is 29.3 Å². The van der Waals surface area contributed by atoms with E-state index in [1.54, 1.807) is 13.0 Å². The SMILES string of the molecule is CCOC(=O)C(=[N+]=[N-])C(O)c1cc(OC)cc(OC)c1. The summed E-state index contributed by atoms with van der Waals surface area (Å²) < 4.78 is 14.8. The van der Waals surface area contributed by atoms with E-state index in [-0.39, 0.29) is 12.2 Å². The highest BCUT2D eigenvalue weighted by molar-refractivity contribution is 6.35. The van der Waals surface area contributed by atoms with Crippen LogP contribution in [0.2, 0.25) is 0 Å². The highest BCUT2D eigenvalue weighted by atomic mass is 16.5. The molecule has 1 N–H and O–H groups in total. The van der Waals surface area contributed by atoms with Gasteiger partial charge in [-0.2, -0.15) is 4.79 Å². The van der Waals surface area contributed by atoms with Gasteiger partial charge >= 0.3 is 11.7 Å². The van der Waals surface area contributed by atoms with Gasteiger partial charge in [-0.3, -0.25) is 0 Å². The summed E-state index contributed by atoms with van der Waals surface area (Å²) in [5.74, 6) is -0.0385. The number of nitrogens with zero attached hydrogens (tertiary/aromatic N) is 2. The third-order valence-electron chi connectivity index (χ3n) is 2.54. The lowest BCUT2D eigenvalue weighted by Crippen LogP contribution is -2.25. The second-order valence-electron chi connectivity index (χ2n) is 3.75. The van der Waals surface area contributed by atoms with Crippen LogP contribution >= 0.6 is 0 Å². The van der Waals surface area contributed by atoms with Gasteiger partial charge in [0.2, 0.25) is 0 Å². The summed E-state index contributed by atoms with van der Waals surface area (Å²) in [6, 6.07) is 4.60. The lowest BCUT2D eigenvalue weighted by molar-refractivity contribution is -0.141. The van der Waals surface area contributed by atoms with Gasteiger partial charge in [0, 0.05) is 6.07 Å². The summed E-state index contributed by atoms with van der Waals surface area (Å²) >= 11 is 0. The third-order valence-corrected chi connectivity index (χ3v) is 2.54. The molecule has 1 rings (SSSR count). The number of aliphatic hydroxyl groups excluding tert-OH is 1. The van der Waals surface area contributed by atoms with Crippen LogP contribution in [0.5, 0.6) is 11.5 Å². The molecule has 108 valence electrons. The molecule has 7 nitrogen and oxygen atoms in total. The summed E-state index contributed by atoms with van der Waals surface area (Å²) in [6.07, 6.45) is -1.46. The molecule has 0 spiro atoms. The zero-order valence-corrected chi connectivity index (χ0v) is 11.5. The first kappa shape index (κ1) is 15.7. The largest absolute Gasteiger partial charge is 0.497 e. The average Bonchev–Trinajstić information content (AvgIpc) is 2.47. The van der Waals surface area contributed by atoms with Gasteiger partial charge in [0.05, 0.1) is 20.8 Å². The number of esters is 1. The van der Waals surface area contributed by atoms with Gasteiger partial charge in [-0.1, -0.05) is 0 Å². The highest BCUT2D eigenvalue weighted by Gasteiger charge is 2.33. The van der Waals surface area contributed by atoms with E-state index in [4.69, 9.17) is 19.7 Å². The van der Waals surface area contributed by atoms with Crippen molar-refractivity contribution < 1.29 is 28.9 Å². The second-order valence-corrected chi connectivity index (χ2v) is 3.75. The minimum absolute atomic E-state index is 0.103. The van der Waals surface area contributed by atoms with E-state index in [1.807, 2.05) is 0 Å². The van der Waals surface area contributed by atoms with E-state index < -0.39 is 17.8 Å². The molecule has 1 unspecified atom stereocenters. The van der Waals surface area contributed by atoms with Crippen molar-refractivity contribution in [2.75, 3.05) is 20.8 Å². The minimum atomic E-state index is -1.46. The molecule has 0 aliphatic carbocycles. The van der Waals surface area contributed by atoms with E-state index in [9.17, 15) is 9.90 Å². The molecule has 0 radical (unpaired) electrons. The Morgan fingerprint density at radius 3 is 2.25 bits per heavy atom. The van der Waals surface area contributed by atoms with Crippen LogP contribution in [-0.4, -0.2) is 42.4 Å². The molecule has 0 aliphatic heterocycles. The number of hydrogen-bond donors (Lipinski definition) is 1. The zero-order valence-electron chi connectivity index (χ0n) is 11.5. The van der Waals surface area contributed by atoms with Gasteiger partial charge in [0.25, 0.3) is 0 Å². The Morgan fingerprint density at radius 1 is 1.30 bits per heavy atom. The number of carbonyl (C=O) groups is 1. The minimum Gasteiger partial charge on any atom is -0.497 e. The van der Waals surface area contributed by atoms with E-state index in [0.717, 1.165) is 0 Å². The van der Waals surface area contributed by atoms with Crippen molar-refractivity contribution in [3.8, 4) is 11.5 Å². The molecule has 0 fully saturated rings. The van der Waals surface area contributed by atoms with Crippen LogP contribution in [-0.2, 0) is 9.53 Å². The summed E-state index contributed by atoms with van der Waals surface area (Å²) in [6.45, 7) is 1.71. The number of benzene rings is 1. The Hall–Kier alpha value is -2.37. The van der Waals surface area contributed by atoms with Gasteiger partial charge < -0.3 is 24.8 Å². The number of rotatable bonds is 6. The van der Waals surface area contributed by atoms with Crippen molar-refractivity contribution in [1.82, 2.24) is 0 Å². The number of ether oxygens (including phenoxy) is 3. The Balaban J connectivity index is 3.15. The number of methoxy groups -OCH3 is 2. The zero-order chi connectivity index (χ0) is 15.1. The Labute approximate surface area is 116 Å². The Bertz CT molecular complexity index is 515. The maximum Gasteiger partial charge on any atom is 0.420 e. The summed E-state index contributed by atoms with van der Waals surface area (Å²) in [5.41, 5.74) is 8.64. The summed E-state index contributed by atoms with van der Waals surface area (Å²) in [7, 11) is 2.91. The van der Waals surface area contributed by atoms with Crippen LogP contribution in [0.25, 0.3) is 5.53 Å². The monoisotopic (exact) mass is 280 g/mol. The highest BCUT2D eigenvalue weighted by Crippen LogP contribution is 2.27. The fourth-order valence-corrected chi connectivity index (χ4v) is 1.56. The molecule has 0 aliphatic rings. The maximum absolute atomic E-state index is 11.6. The Kier molecular flexibility index (Phi) is 5.71. The summed E-state index contributed by atoms with van der Waals surface area (Å²) in [4.78, 5) is 14.4. The van der Waals surface area contributed by atoms with Crippen molar-refractivity contribution in [2.45, 2.75) is 13.0 Å². The fourth-order valence-electron chi connectivity index (χ4n) is 1.56. The average molecular weight is 280 g/mol. The lowest BCUT2D eigenvalue weighted by Gasteiger charge is -2.10. The maximum atomic E-state index is 11.6. The van der Waals surface area contributed by atoms with Gasteiger partial charge in [-0.25, -0.2) is 4.79 Å². The fraction of sp³-hybridized carbons (Fsp3) is 0.385. The first-order chi connectivity index (χ1) is 9.57. The molecule has 0 bridgehead atoms. The molecular formula is C13H16N2O5. The molecule has 1 atom stereocenters. The van der Waals surface area contributed by atoms with Crippen LogP contribution in [0.3, 0.4) is 0 Å². The third kappa shape index (κ3) is 3.57. The lowest BCUT2D eigenvalue weighted by atomic mass is 10.0. The molecule has 1 aromatic rings. The first-order valence-corrected chi connectivity index (χ1v) is 5.87. The Morgan fingerprint density at radius 2 is 1.85 bits per heavy atom. The topological polar surface area (TPSA) is 101 Å². The van der Waals surface area contributed by atoms with Gasteiger partial charge in [0.15, 0.2) is 6.10 Å². The molecule has 0 heterocycles. The van der Waals surface area contributed by atoms with E-state index >= 15 is 0 Å². The van der Waals surface area contributed by atoms with Crippen LogP contribution in [0.15, 0.2) is 18.2 Å². The van der Waals surface area contributed by atoms with Crippen molar-refractivity contribution in [1.29, 1.82) is 0 Å². The smallest absolute Gasteiger partial charge is 0.420 e. The molecule has 7 heteroatoms. The quantitative estimate of drug-likeness (QED) is 0.362. The molecule has 0 aromatic heterocycles.